The highest BCUT2D eigenvalue weighted by atomic mass is 35.5. The fourth-order valence-electron chi connectivity index (χ4n) is 2.65. The molecule has 2 rings (SSSR count). The number of ether oxygens (including phenoxy) is 2. The molecular weight excluding hydrogens is 322 g/mol. The van der Waals surface area contributed by atoms with Gasteiger partial charge in [-0.15, -0.1) is 0 Å². The van der Waals surface area contributed by atoms with Crippen molar-refractivity contribution in [2.45, 2.75) is 31.9 Å². The third kappa shape index (κ3) is 4.36. The number of hydrogen-bond donors (Lipinski definition) is 2. The van der Waals surface area contributed by atoms with Gasteiger partial charge in [0.05, 0.1) is 18.2 Å². The second-order valence-corrected chi connectivity index (χ2v) is 5.98. The Morgan fingerprint density at radius 1 is 1.48 bits per heavy atom. The second kappa shape index (κ2) is 7.66. The Morgan fingerprint density at radius 2 is 2.22 bits per heavy atom. The van der Waals surface area contributed by atoms with Gasteiger partial charge in [-0.25, -0.2) is 4.79 Å². The van der Waals surface area contributed by atoms with E-state index in [9.17, 15) is 14.7 Å². The zero-order valence-electron chi connectivity index (χ0n) is 13.0. The quantitative estimate of drug-likeness (QED) is 0.859. The van der Waals surface area contributed by atoms with Gasteiger partial charge in [0.25, 0.3) is 0 Å². The van der Waals surface area contributed by atoms with Gasteiger partial charge in [0.1, 0.15) is 5.75 Å². The molecule has 0 radical (unpaired) electrons. The maximum absolute atomic E-state index is 12.4. The lowest BCUT2D eigenvalue weighted by molar-refractivity contribution is -0.143. The molecule has 126 valence electrons. The molecule has 6 nitrogen and oxygen atoms in total. The molecule has 1 heterocycles. The number of halogens is 1. The number of rotatable bonds is 5. The van der Waals surface area contributed by atoms with Crippen LogP contribution in [0.25, 0.3) is 0 Å². The van der Waals surface area contributed by atoms with E-state index < -0.39 is 12.0 Å². The number of carboxylic acids is 1. The first-order chi connectivity index (χ1) is 10.9. The summed E-state index contributed by atoms with van der Waals surface area (Å²) < 4.78 is 10.5. The Bertz CT molecular complexity index is 592. The lowest BCUT2D eigenvalue weighted by Gasteiger charge is -2.27. The zero-order valence-corrected chi connectivity index (χ0v) is 13.8. The first-order valence-corrected chi connectivity index (χ1v) is 7.78. The Labute approximate surface area is 139 Å². The van der Waals surface area contributed by atoms with Crippen LogP contribution in [-0.4, -0.2) is 36.8 Å². The molecule has 0 bridgehead atoms. The fourth-order valence-corrected chi connectivity index (χ4v) is 2.91. The molecular formula is C16H20ClNO5. The van der Waals surface area contributed by atoms with Crippen LogP contribution in [-0.2, 0) is 14.3 Å². The minimum absolute atomic E-state index is 0.00166. The van der Waals surface area contributed by atoms with Gasteiger partial charge in [0.2, 0.25) is 5.91 Å². The maximum atomic E-state index is 12.4. The van der Waals surface area contributed by atoms with Gasteiger partial charge in [-0.05, 0) is 37.5 Å². The minimum Gasteiger partial charge on any atom is -0.495 e. The van der Waals surface area contributed by atoms with Crippen LogP contribution in [0.2, 0.25) is 5.02 Å². The van der Waals surface area contributed by atoms with Gasteiger partial charge >= 0.3 is 5.97 Å². The highest BCUT2D eigenvalue weighted by Crippen LogP contribution is 2.28. The minimum atomic E-state index is -1.15. The molecule has 3 atom stereocenters. The van der Waals surface area contributed by atoms with E-state index in [1.54, 1.807) is 12.1 Å². The summed E-state index contributed by atoms with van der Waals surface area (Å²) in [5.41, 5.74) is 0.400. The van der Waals surface area contributed by atoms with Crippen molar-refractivity contribution < 1.29 is 24.2 Å². The predicted molar refractivity (Wildman–Crippen MR) is 84.7 cm³/mol. The largest absolute Gasteiger partial charge is 0.495 e. The number of carboxylic acid groups (broad SMARTS) is 1. The Hall–Kier alpha value is -1.79. The molecule has 23 heavy (non-hydrogen) atoms. The molecule has 0 aliphatic carbocycles. The van der Waals surface area contributed by atoms with Crippen LogP contribution in [0.5, 0.6) is 5.75 Å². The van der Waals surface area contributed by atoms with Gasteiger partial charge in [0, 0.05) is 12.5 Å². The van der Waals surface area contributed by atoms with Gasteiger partial charge < -0.3 is 19.9 Å². The van der Waals surface area contributed by atoms with E-state index in [4.69, 9.17) is 21.1 Å². The van der Waals surface area contributed by atoms with Crippen molar-refractivity contribution in [1.29, 1.82) is 0 Å². The predicted octanol–water partition coefficient (Wildman–Crippen LogP) is 2.41. The molecule has 3 unspecified atom stereocenters. The number of hydrogen-bond acceptors (Lipinski definition) is 4. The lowest BCUT2D eigenvalue weighted by atomic mass is 9.94. The standard InChI is InChI=1S/C16H20ClNO5/c1-9-7-11(5-6-23-9)15(19)18-14(16(20)21)10-3-4-13(22-2)12(17)8-10/h3-4,8-9,11,14H,5-7H2,1-2H3,(H,18,19)(H,20,21). The first kappa shape index (κ1) is 17.6. The van der Waals surface area contributed by atoms with E-state index in [-0.39, 0.29) is 17.9 Å². The molecule has 1 aromatic rings. The van der Waals surface area contributed by atoms with Crippen LogP contribution < -0.4 is 10.1 Å². The van der Waals surface area contributed by atoms with Crippen molar-refractivity contribution in [1.82, 2.24) is 5.32 Å². The van der Waals surface area contributed by atoms with Gasteiger partial charge in [0.15, 0.2) is 6.04 Å². The Morgan fingerprint density at radius 3 is 2.78 bits per heavy atom. The number of nitrogens with one attached hydrogen (secondary N) is 1. The average molecular weight is 342 g/mol. The van der Waals surface area contributed by atoms with E-state index in [0.29, 0.717) is 35.8 Å². The first-order valence-electron chi connectivity index (χ1n) is 7.40. The summed E-state index contributed by atoms with van der Waals surface area (Å²) >= 11 is 6.04. The molecule has 0 spiro atoms. The van der Waals surface area contributed by atoms with Crippen LogP contribution in [0.1, 0.15) is 31.4 Å². The van der Waals surface area contributed by atoms with Crippen LogP contribution in [0, 0.1) is 5.92 Å². The summed E-state index contributed by atoms with van der Waals surface area (Å²) in [5.74, 6) is -1.21. The number of carbonyl (C=O) groups excluding carboxylic acids is 1. The molecule has 7 heteroatoms. The van der Waals surface area contributed by atoms with Gasteiger partial charge in [-0.3, -0.25) is 4.79 Å². The Balaban J connectivity index is 2.14. The van der Waals surface area contributed by atoms with Crippen molar-refractivity contribution in [3.05, 3.63) is 28.8 Å². The normalized spacial score (nSPS) is 22.2. The third-order valence-electron chi connectivity index (χ3n) is 3.90. The number of aliphatic carboxylic acids is 1. The lowest BCUT2D eigenvalue weighted by Crippen LogP contribution is -2.40. The van der Waals surface area contributed by atoms with E-state index in [1.165, 1.54) is 13.2 Å². The monoisotopic (exact) mass is 341 g/mol. The summed E-state index contributed by atoms with van der Waals surface area (Å²) in [7, 11) is 1.48. The molecule has 1 amide bonds. The molecule has 0 saturated carbocycles. The summed E-state index contributed by atoms with van der Waals surface area (Å²) in [6.45, 7) is 2.41. The smallest absolute Gasteiger partial charge is 0.330 e. The summed E-state index contributed by atoms with van der Waals surface area (Å²) in [6, 6.07) is 3.50. The highest BCUT2D eigenvalue weighted by Gasteiger charge is 2.30. The van der Waals surface area contributed by atoms with Crippen LogP contribution in [0.4, 0.5) is 0 Å². The molecule has 1 saturated heterocycles. The maximum Gasteiger partial charge on any atom is 0.330 e. The van der Waals surface area contributed by atoms with Gasteiger partial charge in [-0.2, -0.15) is 0 Å². The van der Waals surface area contributed by atoms with Crippen molar-refractivity contribution in [2.24, 2.45) is 5.92 Å². The van der Waals surface area contributed by atoms with E-state index in [2.05, 4.69) is 5.32 Å². The average Bonchev–Trinajstić information content (AvgIpc) is 2.52. The third-order valence-corrected chi connectivity index (χ3v) is 4.19. The molecule has 1 aliphatic heterocycles. The Kier molecular flexibility index (Phi) is 5.85. The van der Waals surface area contributed by atoms with Crippen LogP contribution in [0.15, 0.2) is 18.2 Å². The van der Waals surface area contributed by atoms with E-state index >= 15 is 0 Å². The molecule has 1 aromatic carbocycles. The van der Waals surface area contributed by atoms with Crippen LogP contribution >= 0.6 is 11.6 Å². The summed E-state index contributed by atoms with van der Waals surface area (Å²) in [4.78, 5) is 23.9. The van der Waals surface area contributed by atoms with E-state index in [0.717, 1.165) is 0 Å². The zero-order chi connectivity index (χ0) is 17.0. The second-order valence-electron chi connectivity index (χ2n) is 5.58. The fraction of sp³-hybridized carbons (Fsp3) is 0.500. The molecule has 0 aromatic heterocycles. The molecule has 1 fully saturated rings. The number of benzene rings is 1. The number of methoxy groups -OCH3 is 1. The highest BCUT2D eigenvalue weighted by molar-refractivity contribution is 6.32. The SMILES string of the molecule is COc1ccc(C(NC(=O)C2CCOC(C)C2)C(=O)O)cc1Cl. The van der Waals surface area contributed by atoms with E-state index in [1.807, 2.05) is 6.92 Å². The summed E-state index contributed by atoms with van der Waals surface area (Å²) in [6.07, 6.45) is 1.17. The van der Waals surface area contributed by atoms with Crippen molar-refractivity contribution in [3.8, 4) is 5.75 Å². The van der Waals surface area contributed by atoms with Gasteiger partial charge in [-0.1, -0.05) is 17.7 Å². The topological polar surface area (TPSA) is 84.9 Å². The van der Waals surface area contributed by atoms with Crippen molar-refractivity contribution >= 4 is 23.5 Å². The van der Waals surface area contributed by atoms with Crippen molar-refractivity contribution in [3.63, 3.8) is 0 Å². The molecule has 1 aliphatic rings. The molecule has 2 N–H and O–H groups in total. The van der Waals surface area contributed by atoms with Crippen molar-refractivity contribution in [2.75, 3.05) is 13.7 Å². The number of amides is 1. The number of carbonyl (C=O) groups is 2. The summed E-state index contributed by atoms with van der Waals surface area (Å²) in [5, 5.41) is 12.3. The van der Waals surface area contributed by atoms with Crippen LogP contribution in [0.3, 0.4) is 0 Å².